The van der Waals surface area contributed by atoms with Crippen molar-refractivity contribution in [3.63, 3.8) is 0 Å². The summed E-state index contributed by atoms with van der Waals surface area (Å²) in [5, 5.41) is 12.9. The fourth-order valence-electron chi connectivity index (χ4n) is 2.11. The molecule has 0 spiro atoms. The maximum absolute atomic E-state index is 12.5. The van der Waals surface area contributed by atoms with E-state index in [0.717, 1.165) is 11.3 Å². The summed E-state index contributed by atoms with van der Waals surface area (Å²) in [6.07, 6.45) is 1.47. The lowest BCUT2D eigenvalue weighted by Crippen LogP contribution is -2.04. The predicted octanol–water partition coefficient (Wildman–Crippen LogP) is 2.55. The number of ether oxygens (including phenoxy) is 1. The summed E-state index contributed by atoms with van der Waals surface area (Å²) in [5.41, 5.74) is 0.810. The Morgan fingerprint density at radius 3 is 2.87 bits per heavy atom. The van der Waals surface area contributed by atoms with Gasteiger partial charge in [-0.15, -0.1) is 11.3 Å². The fourth-order valence-corrected chi connectivity index (χ4v) is 2.85. The minimum absolute atomic E-state index is 0.0660. The molecule has 0 unspecified atom stereocenters. The van der Waals surface area contributed by atoms with Gasteiger partial charge in [-0.1, -0.05) is 0 Å². The molecule has 2 heterocycles. The number of carbonyl (C=O) groups excluding carboxylic acids is 2. The maximum Gasteiger partial charge on any atom is 0.357 e. The normalized spacial score (nSPS) is 10.7. The van der Waals surface area contributed by atoms with E-state index in [1.165, 1.54) is 36.9 Å². The number of rotatable bonds is 4. The van der Waals surface area contributed by atoms with Gasteiger partial charge in [0.2, 0.25) is 5.78 Å². The molecule has 23 heavy (non-hydrogen) atoms. The molecule has 0 aliphatic rings. The van der Waals surface area contributed by atoms with Crippen molar-refractivity contribution in [3.05, 3.63) is 56.2 Å². The molecule has 0 saturated carbocycles. The molecule has 3 aromatic rings. The van der Waals surface area contributed by atoms with Crippen LogP contribution in [0.25, 0.3) is 10.9 Å². The Hall–Kier alpha value is -3.07. The molecule has 0 radical (unpaired) electrons. The standard InChI is InChI=1S/C14H9N3O5S/c1-22-14(19)11-6-23-13(16-11)12(18)9-5-15-10-4-7(17(20)21)2-3-8(9)10/h2-6,15H,1H3. The lowest BCUT2D eigenvalue weighted by Gasteiger charge is -1.96. The summed E-state index contributed by atoms with van der Waals surface area (Å²) >= 11 is 1.03. The summed E-state index contributed by atoms with van der Waals surface area (Å²) in [7, 11) is 1.23. The van der Waals surface area contributed by atoms with E-state index in [9.17, 15) is 19.7 Å². The third kappa shape index (κ3) is 2.57. The number of nitrogens with zero attached hydrogens (tertiary/aromatic N) is 2. The lowest BCUT2D eigenvalue weighted by atomic mass is 10.1. The van der Waals surface area contributed by atoms with Crippen molar-refractivity contribution in [1.82, 2.24) is 9.97 Å². The first-order valence-electron chi connectivity index (χ1n) is 6.35. The fraction of sp³-hybridized carbons (Fsp3) is 0.0714. The topological polar surface area (TPSA) is 115 Å². The van der Waals surface area contributed by atoms with Crippen LogP contribution in [0.1, 0.15) is 25.9 Å². The zero-order valence-electron chi connectivity index (χ0n) is 11.7. The number of methoxy groups -OCH3 is 1. The zero-order chi connectivity index (χ0) is 16.6. The molecule has 1 N–H and O–H groups in total. The maximum atomic E-state index is 12.5. The van der Waals surface area contributed by atoms with E-state index in [0.29, 0.717) is 16.5 Å². The summed E-state index contributed by atoms with van der Waals surface area (Å²) in [6.45, 7) is 0. The molecule has 0 saturated heterocycles. The first-order chi connectivity index (χ1) is 11.0. The Morgan fingerprint density at radius 2 is 2.17 bits per heavy atom. The highest BCUT2D eigenvalue weighted by Gasteiger charge is 2.20. The number of carbonyl (C=O) groups is 2. The minimum Gasteiger partial charge on any atom is -0.464 e. The van der Waals surface area contributed by atoms with E-state index in [1.54, 1.807) is 0 Å². The Kier molecular flexibility index (Phi) is 3.62. The summed E-state index contributed by atoms with van der Waals surface area (Å²) in [6, 6.07) is 4.19. The number of hydrogen-bond acceptors (Lipinski definition) is 7. The molecular formula is C14H9N3O5S. The highest BCUT2D eigenvalue weighted by Crippen LogP contribution is 2.26. The number of ketones is 1. The minimum atomic E-state index is -0.616. The molecule has 2 aromatic heterocycles. The highest BCUT2D eigenvalue weighted by molar-refractivity contribution is 7.12. The third-order valence-corrected chi connectivity index (χ3v) is 4.05. The van der Waals surface area contributed by atoms with Crippen LogP contribution in [0.3, 0.4) is 0 Å². The smallest absolute Gasteiger partial charge is 0.357 e. The summed E-state index contributed by atoms with van der Waals surface area (Å²) in [5.74, 6) is -0.986. The van der Waals surface area contributed by atoms with Crippen molar-refractivity contribution in [1.29, 1.82) is 0 Å². The molecule has 9 heteroatoms. The molecule has 0 bridgehead atoms. The Morgan fingerprint density at radius 1 is 1.39 bits per heavy atom. The van der Waals surface area contributed by atoms with Gasteiger partial charge < -0.3 is 9.72 Å². The summed E-state index contributed by atoms with van der Waals surface area (Å²) < 4.78 is 4.55. The Labute approximate surface area is 132 Å². The second kappa shape index (κ2) is 5.61. The zero-order valence-corrected chi connectivity index (χ0v) is 12.5. The van der Waals surface area contributed by atoms with Crippen molar-refractivity contribution in [2.24, 2.45) is 0 Å². The van der Waals surface area contributed by atoms with Crippen LogP contribution in [0.5, 0.6) is 0 Å². The highest BCUT2D eigenvalue weighted by atomic mass is 32.1. The van der Waals surface area contributed by atoms with Gasteiger partial charge >= 0.3 is 5.97 Å². The van der Waals surface area contributed by atoms with Crippen LogP contribution in [0.15, 0.2) is 29.8 Å². The van der Waals surface area contributed by atoms with Crippen molar-refractivity contribution in [2.45, 2.75) is 0 Å². The molecule has 3 rings (SSSR count). The van der Waals surface area contributed by atoms with E-state index < -0.39 is 10.9 Å². The molecular weight excluding hydrogens is 322 g/mol. The van der Waals surface area contributed by atoms with Gasteiger partial charge in [-0.05, 0) is 6.07 Å². The molecule has 116 valence electrons. The first-order valence-corrected chi connectivity index (χ1v) is 7.23. The third-order valence-electron chi connectivity index (χ3n) is 3.21. The molecule has 0 atom stereocenters. The van der Waals surface area contributed by atoms with Crippen molar-refractivity contribution in [2.75, 3.05) is 7.11 Å². The number of aromatic nitrogens is 2. The van der Waals surface area contributed by atoms with Gasteiger partial charge in [0.05, 0.1) is 23.1 Å². The number of aromatic amines is 1. The molecule has 1 aromatic carbocycles. The van der Waals surface area contributed by atoms with Gasteiger partial charge in [-0.3, -0.25) is 14.9 Å². The number of nitro benzene ring substituents is 1. The van der Waals surface area contributed by atoms with Gasteiger partial charge in [0.25, 0.3) is 5.69 Å². The number of nitrogens with one attached hydrogen (secondary N) is 1. The Bertz CT molecular complexity index is 943. The number of esters is 1. The molecule has 0 fully saturated rings. The predicted molar refractivity (Wildman–Crippen MR) is 81.8 cm³/mol. The van der Waals surface area contributed by atoms with Crippen LogP contribution in [0, 0.1) is 10.1 Å². The van der Waals surface area contributed by atoms with E-state index in [2.05, 4.69) is 14.7 Å². The molecule has 8 nitrogen and oxygen atoms in total. The van der Waals surface area contributed by atoms with Crippen LogP contribution in [0.4, 0.5) is 5.69 Å². The number of fused-ring (bicyclic) bond motifs is 1. The largest absolute Gasteiger partial charge is 0.464 e. The number of nitro groups is 1. The van der Waals surface area contributed by atoms with E-state index >= 15 is 0 Å². The number of thiazole rings is 1. The quantitative estimate of drug-likeness (QED) is 0.340. The van der Waals surface area contributed by atoms with Gasteiger partial charge in [-0.2, -0.15) is 0 Å². The van der Waals surface area contributed by atoms with Crippen LogP contribution >= 0.6 is 11.3 Å². The van der Waals surface area contributed by atoms with Crippen molar-refractivity contribution >= 4 is 39.7 Å². The van der Waals surface area contributed by atoms with Crippen LogP contribution < -0.4 is 0 Å². The monoisotopic (exact) mass is 331 g/mol. The number of hydrogen-bond donors (Lipinski definition) is 1. The number of non-ortho nitro benzene ring substituents is 1. The van der Waals surface area contributed by atoms with Crippen LogP contribution in [0.2, 0.25) is 0 Å². The Balaban J connectivity index is 1.99. The first kappa shape index (κ1) is 14.9. The number of benzene rings is 1. The van der Waals surface area contributed by atoms with Gasteiger partial charge in [-0.25, -0.2) is 9.78 Å². The SMILES string of the molecule is COC(=O)c1csc(C(=O)c2c[nH]c3cc([N+](=O)[O-])ccc23)n1. The van der Waals surface area contributed by atoms with Crippen molar-refractivity contribution < 1.29 is 19.2 Å². The van der Waals surface area contributed by atoms with E-state index in [-0.39, 0.29) is 22.2 Å². The molecule has 0 aliphatic heterocycles. The van der Waals surface area contributed by atoms with E-state index in [4.69, 9.17) is 0 Å². The molecule has 0 aliphatic carbocycles. The van der Waals surface area contributed by atoms with E-state index in [1.807, 2.05) is 0 Å². The lowest BCUT2D eigenvalue weighted by molar-refractivity contribution is -0.384. The van der Waals surface area contributed by atoms with Crippen molar-refractivity contribution in [3.8, 4) is 0 Å². The summed E-state index contributed by atoms with van der Waals surface area (Å²) in [4.78, 5) is 41.0. The van der Waals surface area contributed by atoms with Crippen LogP contribution in [-0.4, -0.2) is 33.8 Å². The molecule has 0 amide bonds. The average molecular weight is 331 g/mol. The second-order valence-electron chi connectivity index (χ2n) is 4.55. The number of H-pyrrole nitrogens is 1. The van der Waals surface area contributed by atoms with Gasteiger partial charge in [0.15, 0.2) is 10.7 Å². The van der Waals surface area contributed by atoms with Gasteiger partial charge in [0, 0.05) is 29.1 Å². The second-order valence-corrected chi connectivity index (χ2v) is 5.41. The van der Waals surface area contributed by atoms with Gasteiger partial charge in [0.1, 0.15) is 0 Å². The van der Waals surface area contributed by atoms with Crippen LogP contribution in [-0.2, 0) is 4.74 Å². The average Bonchev–Trinajstić information content (AvgIpc) is 3.19.